The number of rotatable bonds is 4. The van der Waals surface area contributed by atoms with Gasteiger partial charge in [-0.1, -0.05) is 6.07 Å². The van der Waals surface area contributed by atoms with Crippen LogP contribution in [-0.4, -0.2) is 37.9 Å². The van der Waals surface area contributed by atoms with Gasteiger partial charge in [0.05, 0.1) is 26.2 Å². The van der Waals surface area contributed by atoms with Crippen LogP contribution in [0, 0.1) is 5.92 Å². The van der Waals surface area contributed by atoms with Gasteiger partial charge in [-0.25, -0.2) is 0 Å². The Hall–Kier alpha value is -1.59. The lowest BCUT2D eigenvalue weighted by Crippen LogP contribution is -2.44. The van der Waals surface area contributed by atoms with Gasteiger partial charge in [-0.15, -0.1) is 0 Å². The summed E-state index contributed by atoms with van der Waals surface area (Å²) in [6, 6.07) is 5.76. The second-order valence-corrected chi connectivity index (χ2v) is 6.19. The van der Waals surface area contributed by atoms with Crippen LogP contribution in [0.2, 0.25) is 0 Å². The molecule has 0 bridgehead atoms. The van der Waals surface area contributed by atoms with Gasteiger partial charge >= 0.3 is 0 Å². The first kappa shape index (κ1) is 15.3. The molecule has 1 saturated heterocycles. The number of hydrogen-bond acceptors (Lipinski definition) is 4. The van der Waals surface area contributed by atoms with Crippen LogP contribution in [0.15, 0.2) is 18.2 Å². The largest absolute Gasteiger partial charge is 0.497 e. The number of benzene rings is 1. The molecule has 1 aliphatic carbocycles. The van der Waals surface area contributed by atoms with Crippen molar-refractivity contribution in [1.82, 2.24) is 5.32 Å². The van der Waals surface area contributed by atoms with E-state index in [1.165, 1.54) is 0 Å². The summed E-state index contributed by atoms with van der Waals surface area (Å²) in [5.41, 5.74) is 1.02. The van der Waals surface area contributed by atoms with Crippen molar-refractivity contribution in [2.24, 2.45) is 5.92 Å². The first-order valence-corrected chi connectivity index (χ1v) is 7.87. The summed E-state index contributed by atoms with van der Waals surface area (Å²) < 4.78 is 10.5. The van der Waals surface area contributed by atoms with E-state index in [0.717, 1.165) is 36.1 Å². The molecule has 0 saturated carbocycles. The molecule has 1 amide bonds. The maximum atomic E-state index is 12.1. The topological polar surface area (TPSA) is 67.8 Å². The first-order chi connectivity index (χ1) is 10.6. The summed E-state index contributed by atoms with van der Waals surface area (Å²) in [5.74, 6) is 0.698. The van der Waals surface area contributed by atoms with Gasteiger partial charge in [-0.3, -0.25) is 4.79 Å². The minimum Gasteiger partial charge on any atom is -0.497 e. The molecule has 3 rings (SSSR count). The number of methoxy groups -OCH3 is 1. The number of carbonyl (C=O) groups excluding carboxylic acids is 1. The molecule has 2 aliphatic rings. The van der Waals surface area contributed by atoms with Crippen LogP contribution in [-0.2, 0) is 21.6 Å². The molecular formula is C17H23NO4. The van der Waals surface area contributed by atoms with Crippen molar-refractivity contribution in [2.75, 3.05) is 26.9 Å². The summed E-state index contributed by atoms with van der Waals surface area (Å²) in [7, 11) is 1.64. The number of carbonyl (C=O) groups is 1. The van der Waals surface area contributed by atoms with Crippen LogP contribution in [0.25, 0.3) is 0 Å². The summed E-state index contributed by atoms with van der Waals surface area (Å²) in [6.07, 6.45) is 3.25. The second kappa shape index (κ2) is 6.26. The van der Waals surface area contributed by atoms with Gasteiger partial charge in [0, 0.05) is 6.61 Å². The smallest absolute Gasteiger partial charge is 0.225 e. The van der Waals surface area contributed by atoms with Crippen molar-refractivity contribution in [2.45, 2.75) is 31.3 Å². The van der Waals surface area contributed by atoms with Crippen LogP contribution in [0.5, 0.6) is 5.75 Å². The Labute approximate surface area is 130 Å². The SMILES string of the molecule is COc1ccc2c(c1)CCCC2(O)CNC(=O)C1CCOC1. The van der Waals surface area contributed by atoms with Gasteiger partial charge in [0.2, 0.25) is 5.91 Å². The Morgan fingerprint density at radius 1 is 1.55 bits per heavy atom. The van der Waals surface area contributed by atoms with Crippen molar-refractivity contribution in [3.63, 3.8) is 0 Å². The average molecular weight is 305 g/mol. The number of aliphatic hydroxyl groups is 1. The highest BCUT2D eigenvalue weighted by molar-refractivity contribution is 5.79. The summed E-state index contributed by atoms with van der Waals surface area (Å²) in [6.45, 7) is 1.38. The van der Waals surface area contributed by atoms with E-state index in [0.29, 0.717) is 19.6 Å². The van der Waals surface area contributed by atoms with Crippen LogP contribution in [0.3, 0.4) is 0 Å². The van der Waals surface area contributed by atoms with E-state index in [4.69, 9.17) is 9.47 Å². The molecule has 2 N–H and O–H groups in total. The van der Waals surface area contributed by atoms with E-state index in [2.05, 4.69) is 5.32 Å². The molecule has 0 spiro atoms. The van der Waals surface area contributed by atoms with Gasteiger partial charge in [0.25, 0.3) is 0 Å². The van der Waals surface area contributed by atoms with Crippen molar-refractivity contribution < 1.29 is 19.4 Å². The average Bonchev–Trinajstić information content (AvgIpc) is 3.07. The third-order valence-corrected chi connectivity index (χ3v) is 4.71. The Morgan fingerprint density at radius 2 is 2.41 bits per heavy atom. The predicted octanol–water partition coefficient (Wildman–Crippen LogP) is 1.37. The molecule has 5 nitrogen and oxygen atoms in total. The van der Waals surface area contributed by atoms with Crippen molar-refractivity contribution >= 4 is 5.91 Å². The molecule has 1 aliphatic heterocycles. The van der Waals surface area contributed by atoms with E-state index < -0.39 is 5.60 Å². The normalized spacial score (nSPS) is 27.3. The fourth-order valence-corrected chi connectivity index (χ4v) is 3.37. The molecule has 2 atom stereocenters. The Morgan fingerprint density at radius 3 is 3.14 bits per heavy atom. The predicted molar refractivity (Wildman–Crippen MR) is 81.8 cm³/mol. The molecule has 1 fully saturated rings. The highest BCUT2D eigenvalue weighted by Gasteiger charge is 2.35. The molecule has 0 radical (unpaired) electrons. The Bertz CT molecular complexity index is 554. The van der Waals surface area contributed by atoms with Crippen molar-refractivity contribution in [3.05, 3.63) is 29.3 Å². The van der Waals surface area contributed by atoms with E-state index in [1.807, 2.05) is 18.2 Å². The summed E-state index contributed by atoms with van der Waals surface area (Å²) in [4.78, 5) is 12.1. The lowest BCUT2D eigenvalue weighted by molar-refractivity contribution is -0.126. The third-order valence-electron chi connectivity index (χ3n) is 4.71. The van der Waals surface area contributed by atoms with Crippen LogP contribution >= 0.6 is 0 Å². The zero-order chi connectivity index (χ0) is 15.6. The highest BCUT2D eigenvalue weighted by atomic mass is 16.5. The minimum atomic E-state index is -0.991. The number of amides is 1. The Kier molecular flexibility index (Phi) is 4.36. The first-order valence-electron chi connectivity index (χ1n) is 7.87. The number of fused-ring (bicyclic) bond motifs is 1. The van der Waals surface area contributed by atoms with E-state index >= 15 is 0 Å². The highest BCUT2D eigenvalue weighted by Crippen LogP contribution is 2.36. The second-order valence-electron chi connectivity index (χ2n) is 6.19. The standard InChI is InChI=1S/C17H23NO4/c1-21-14-4-5-15-12(9-14)3-2-7-17(15,20)11-18-16(19)13-6-8-22-10-13/h4-5,9,13,20H,2-3,6-8,10-11H2,1H3,(H,18,19). The summed E-state index contributed by atoms with van der Waals surface area (Å²) in [5, 5.41) is 13.9. The molecule has 2 unspecified atom stereocenters. The fraction of sp³-hybridized carbons (Fsp3) is 0.588. The number of nitrogens with one attached hydrogen (secondary N) is 1. The molecule has 1 aromatic rings. The van der Waals surface area contributed by atoms with Gasteiger partial charge in [-0.2, -0.15) is 0 Å². The summed E-state index contributed by atoms with van der Waals surface area (Å²) >= 11 is 0. The quantitative estimate of drug-likeness (QED) is 0.882. The van der Waals surface area contributed by atoms with Crippen molar-refractivity contribution in [1.29, 1.82) is 0 Å². The molecule has 1 aromatic carbocycles. The van der Waals surface area contributed by atoms with Gasteiger partial charge < -0.3 is 19.9 Å². The molecule has 120 valence electrons. The van der Waals surface area contributed by atoms with Gasteiger partial charge in [0.1, 0.15) is 11.4 Å². The van der Waals surface area contributed by atoms with Crippen LogP contribution in [0.4, 0.5) is 0 Å². The van der Waals surface area contributed by atoms with Crippen molar-refractivity contribution in [3.8, 4) is 5.75 Å². The lowest BCUT2D eigenvalue weighted by Gasteiger charge is -2.35. The fourth-order valence-electron chi connectivity index (χ4n) is 3.37. The maximum absolute atomic E-state index is 12.1. The zero-order valence-electron chi connectivity index (χ0n) is 12.9. The number of aryl methyl sites for hydroxylation is 1. The van der Waals surface area contributed by atoms with E-state index in [-0.39, 0.29) is 18.4 Å². The maximum Gasteiger partial charge on any atom is 0.225 e. The lowest BCUT2D eigenvalue weighted by atomic mass is 9.79. The monoisotopic (exact) mass is 305 g/mol. The van der Waals surface area contributed by atoms with E-state index in [1.54, 1.807) is 7.11 Å². The van der Waals surface area contributed by atoms with E-state index in [9.17, 15) is 9.90 Å². The number of ether oxygens (including phenoxy) is 2. The van der Waals surface area contributed by atoms with Gasteiger partial charge in [-0.05, 0) is 48.9 Å². The third kappa shape index (κ3) is 2.96. The zero-order valence-corrected chi connectivity index (χ0v) is 12.9. The number of hydrogen-bond donors (Lipinski definition) is 2. The molecule has 0 aromatic heterocycles. The molecule has 22 heavy (non-hydrogen) atoms. The molecule has 5 heteroatoms. The molecular weight excluding hydrogens is 282 g/mol. The van der Waals surface area contributed by atoms with Crippen LogP contribution < -0.4 is 10.1 Å². The minimum absolute atomic E-state index is 0.0217. The Balaban J connectivity index is 1.72. The van der Waals surface area contributed by atoms with Crippen LogP contribution in [0.1, 0.15) is 30.4 Å². The van der Waals surface area contributed by atoms with Gasteiger partial charge in [0.15, 0.2) is 0 Å². The molecule has 1 heterocycles.